The van der Waals surface area contributed by atoms with Gasteiger partial charge in [0.15, 0.2) is 0 Å². The molecule has 0 aliphatic carbocycles. The lowest BCUT2D eigenvalue weighted by atomic mass is 10.0. The number of hydrogen-bond donors (Lipinski definition) is 1. The molecule has 1 N–H and O–H groups in total. The predicted molar refractivity (Wildman–Crippen MR) is 118 cm³/mol. The first-order chi connectivity index (χ1) is 14.2. The van der Waals surface area contributed by atoms with E-state index in [0.717, 1.165) is 42.3 Å². The molecule has 6 heteroatoms. The van der Waals surface area contributed by atoms with Crippen molar-refractivity contribution < 1.29 is 13.2 Å². The Labute approximate surface area is 177 Å². The van der Waals surface area contributed by atoms with Crippen LogP contribution in [0, 0.1) is 5.92 Å². The molecule has 0 saturated carbocycles. The van der Waals surface area contributed by atoms with E-state index in [-0.39, 0.29) is 6.17 Å². The summed E-state index contributed by atoms with van der Waals surface area (Å²) in [6.45, 7) is 10.8. The van der Waals surface area contributed by atoms with Crippen LogP contribution in [-0.2, 0) is 6.18 Å². The van der Waals surface area contributed by atoms with Crippen molar-refractivity contribution >= 4 is 16.5 Å². The summed E-state index contributed by atoms with van der Waals surface area (Å²) in [6, 6.07) is 9.47. The van der Waals surface area contributed by atoms with Gasteiger partial charge in [-0.3, -0.25) is 9.91 Å². The fourth-order valence-electron chi connectivity index (χ4n) is 3.86. The molecule has 0 saturated heterocycles. The fourth-order valence-corrected chi connectivity index (χ4v) is 3.86. The normalized spacial score (nSPS) is 18.3. The molecule has 0 fully saturated rings. The van der Waals surface area contributed by atoms with Gasteiger partial charge in [-0.05, 0) is 73.3 Å². The van der Waals surface area contributed by atoms with E-state index >= 15 is 0 Å². The van der Waals surface area contributed by atoms with Crippen molar-refractivity contribution in [3.63, 3.8) is 0 Å². The van der Waals surface area contributed by atoms with Crippen molar-refractivity contribution in [2.24, 2.45) is 5.92 Å². The Balaban J connectivity index is 1.77. The molecule has 0 radical (unpaired) electrons. The van der Waals surface area contributed by atoms with Gasteiger partial charge in [0.05, 0.1) is 17.4 Å². The van der Waals surface area contributed by atoms with E-state index in [1.807, 2.05) is 17.1 Å². The van der Waals surface area contributed by atoms with Gasteiger partial charge in [-0.2, -0.15) is 13.2 Å². The zero-order valence-corrected chi connectivity index (χ0v) is 18.3. The van der Waals surface area contributed by atoms with Crippen LogP contribution in [0.15, 0.2) is 48.2 Å². The minimum atomic E-state index is -4.33. The maximum Gasteiger partial charge on any atom is 0.416 e. The van der Waals surface area contributed by atoms with E-state index in [1.54, 1.807) is 12.1 Å². The molecular formula is C24H32F3N3. The maximum atomic E-state index is 13.0. The van der Waals surface area contributed by atoms with Gasteiger partial charge in [0.1, 0.15) is 0 Å². The molecule has 0 aromatic heterocycles. The minimum absolute atomic E-state index is 0.123. The van der Waals surface area contributed by atoms with Gasteiger partial charge in [-0.1, -0.05) is 39.3 Å². The zero-order valence-electron chi connectivity index (χ0n) is 18.3. The molecule has 1 aliphatic heterocycles. The molecule has 3 rings (SSSR count). The van der Waals surface area contributed by atoms with Crippen molar-refractivity contribution in [2.75, 3.05) is 18.1 Å². The second-order valence-electron chi connectivity index (χ2n) is 8.30. The first kappa shape index (κ1) is 22.6. The number of rotatable bonds is 8. The Morgan fingerprint density at radius 3 is 2.43 bits per heavy atom. The van der Waals surface area contributed by atoms with Crippen molar-refractivity contribution in [2.45, 2.75) is 59.3 Å². The Morgan fingerprint density at radius 2 is 1.77 bits per heavy atom. The lowest BCUT2D eigenvalue weighted by molar-refractivity contribution is -0.137. The Bertz CT molecular complexity index is 891. The third-order valence-electron chi connectivity index (χ3n) is 5.93. The number of alkyl halides is 3. The molecular weight excluding hydrogens is 387 g/mol. The van der Waals surface area contributed by atoms with Crippen LogP contribution < -0.4 is 10.4 Å². The Hall–Kier alpha value is -2.05. The van der Waals surface area contributed by atoms with Crippen molar-refractivity contribution in [1.29, 1.82) is 0 Å². The summed E-state index contributed by atoms with van der Waals surface area (Å²) in [7, 11) is 0. The van der Waals surface area contributed by atoms with Gasteiger partial charge >= 0.3 is 6.18 Å². The molecule has 2 atom stereocenters. The van der Waals surface area contributed by atoms with Crippen LogP contribution in [0.25, 0.3) is 10.8 Å². The Kier molecular flexibility index (Phi) is 7.09. The van der Waals surface area contributed by atoms with Gasteiger partial charge in [-0.15, -0.1) is 0 Å². The van der Waals surface area contributed by atoms with Crippen LogP contribution in [-0.4, -0.2) is 24.2 Å². The zero-order chi connectivity index (χ0) is 21.9. The minimum Gasteiger partial charge on any atom is -0.283 e. The summed E-state index contributed by atoms with van der Waals surface area (Å²) in [5.41, 5.74) is 4.98. The van der Waals surface area contributed by atoms with E-state index in [9.17, 15) is 13.2 Å². The summed E-state index contributed by atoms with van der Waals surface area (Å²) in [5.74, 6) is 0.703. The van der Waals surface area contributed by atoms with E-state index < -0.39 is 11.7 Å². The van der Waals surface area contributed by atoms with Gasteiger partial charge < -0.3 is 0 Å². The van der Waals surface area contributed by atoms with E-state index in [4.69, 9.17) is 0 Å². The van der Waals surface area contributed by atoms with Crippen LogP contribution in [0.1, 0.15) is 52.5 Å². The maximum absolute atomic E-state index is 13.0. The van der Waals surface area contributed by atoms with Crippen LogP contribution in [0.2, 0.25) is 0 Å². The molecule has 0 spiro atoms. The molecule has 2 aromatic carbocycles. The lowest BCUT2D eigenvalue weighted by Crippen LogP contribution is -2.48. The smallest absolute Gasteiger partial charge is 0.283 e. The number of hydrogen-bond acceptors (Lipinski definition) is 3. The number of allylic oxidation sites excluding steroid dienone is 1. The highest BCUT2D eigenvalue weighted by Crippen LogP contribution is 2.33. The summed E-state index contributed by atoms with van der Waals surface area (Å²) in [5, 5.41) is 3.42. The first-order valence-electron chi connectivity index (χ1n) is 10.8. The average molecular weight is 420 g/mol. The number of halogens is 3. The summed E-state index contributed by atoms with van der Waals surface area (Å²) in [4.78, 5) is 2.46. The van der Waals surface area contributed by atoms with Crippen molar-refractivity contribution in [3.8, 4) is 0 Å². The van der Waals surface area contributed by atoms with E-state index in [0.29, 0.717) is 11.3 Å². The average Bonchev–Trinajstić information content (AvgIpc) is 3.10. The van der Waals surface area contributed by atoms with Gasteiger partial charge in [0.2, 0.25) is 0 Å². The molecule has 3 nitrogen and oxygen atoms in total. The standard InChI is InChI=1S/C24H32F3N3/c1-5-12-29(13-11-17(3)6-2)23-14-18(4)30(28-23)22-10-8-19-15-21(24(25,26)27)9-7-20(19)16-22/h7-10,14-17,23,28H,5-6,11-13H2,1-4H3. The predicted octanol–water partition coefficient (Wildman–Crippen LogP) is 6.56. The molecule has 2 aromatic rings. The third kappa shape index (κ3) is 5.16. The van der Waals surface area contributed by atoms with Crippen LogP contribution >= 0.6 is 0 Å². The summed E-state index contributed by atoms with van der Waals surface area (Å²) in [6.07, 6.45) is 1.46. The van der Waals surface area contributed by atoms with Gasteiger partial charge in [-0.25, -0.2) is 5.43 Å². The highest BCUT2D eigenvalue weighted by molar-refractivity contribution is 5.87. The van der Waals surface area contributed by atoms with Gasteiger partial charge in [0.25, 0.3) is 0 Å². The Morgan fingerprint density at radius 1 is 1.07 bits per heavy atom. The monoisotopic (exact) mass is 419 g/mol. The fraction of sp³-hybridized carbons (Fsp3) is 0.500. The summed E-state index contributed by atoms with van der Waals surface area (Å²) >= 11 is 0. The first-order valence-corrected chi connectivity index (χ1v) is 10.8. The van der Waals surface area contributed by atoms with E-state index in [1.165, 1.54) is 18.9 Å². The molecule has 0 amide bonds. The molecule has 1 aliphatic rings. The van der Waals surface area contributed by atoms with Crippen molar-refractivity contribution in [3.05, 3.63) is 53.7 Å². The number of benzene rings is 2. The van der Waals surface area contributed by atoms with E-state index in [2.05, 4.69) is 44.1 Å². The molecule has 30 heavy (non-hydrogen) atoms. The van der Waals surface area contributed by atoms with Crippen LogP contribution in [0.5, 0.6) is 0 Å². The lowest BCUT2D eigenvalue weighted by Gasteiger charge is -2.31. The molecule has 2 unspecified atom stereocenters. The topological polar surface area (TPSA) is 18.5 Å². The number of fused-ring (bicyclic) bond motifs is 1. The molecule has 164 valence electrons. The van der Waals surface area contributed by atoms with Crippen LogP contribution in [0.4, 0.5) is 18.9 Å². The third-order valence-corrected chi connectivity index (χ3v) is 5.93. The van der Waals surface area contributed by atoms with Crippen molar-refractivity contribution in [1.82, 2.24) is 10.3 Å². The highest BCUT2D eigenvalue weighted by Gasteiger charge is 2.30. The number of nitrogens with one attached hydrogen (secondary N) is 1. The quantitative estimate of drug-likeness (QED) is 0.523. The highest BCUT2D eigenvalue weighted by atomic mass is 19.4. The number of hydrazine groups is 1. The molecule has 1 heterocycles. The largest absolute Gasteiger partial charge is 0.416 e. The summed E-state index contributed by atoms with van der Waals surface area (Å²) < 4.78 is 38.9. The second-order valence-corrected chi connectivity index (χ2v) is 8.30. The second kappa shape index (κ2) is 9.40. The number of anilines is 1. The SMILES string of the molecule is CCCN(CCC(C)CC)C1C=C(C)N(c2ccc3cc(C(F)(F)F)ccc3c2)N1. The molecule has 0 bridgehead atoms. The van der Waals surface area contributed by atoms with Crippen LogP contribution in [0.3, 0.4) is 0 Å². The number of nitrogens with zero attached hydrogens (tertiary/aromatic N) is 2. The van der Waals surface area contributed by atoms with Gasteiger partial charge in [0, 0.05) is 12.2 Å².